The Morgan fingerprint density at radius 3 is 2.25 bits per heavy atom. The molecule has 0 amide bonds. The minimum absolute atomic E-state index is 0.173. The van der Waals surface area contributed by atoms with Gasteiger partial charge in [-0.2, -0.15) is 0 Å². The number of halogens is 1. The van der Waals surface area contributed by atoms with Crippen LogP contribution in [-0.2, 0) is 0 Å². The van der Waals surface area contributed by atoms with Crippen molar-refractivity contribution in [2.45, 2.75) is 39.0 Å². The molecule has 0 saturated heterocycles. The highest BCUT2D eigenvalue weighted by atomic mass is 19.1. The SMILES string of the molecule is CC1(C(=O)c2ccc(F)cc2)CCCCC1. The molecule has 1 aromatic carbocycles. The fourth-order valence-electron chi connectivity index (χ4n) is 2.51. The third-order valence-electron chi connectivity index (χ3n) is 3.61. The van der Waals surface area contributed by atoms with Crippen molar-refractivity contribution >= 4 is 5.78 Å². The molecule has 1 fully saturated rings. The van der Waals surface area contributed by atoms with Crippen molar-refractivity contribution in [2.75, 3.05) is 0 Å². The largest absolute Gasteiger partial charge is 0.294 e. The molecule has 1 saturated carbocycles. The minimum atomic E-state index is -0.287. The molecule has 0 aliphatic heterocycles. The Balaban J connectivity index is 2.20. The third kappa shape index (κ3) is 2.16. The van der Waals surface area contributed by atoms with Gasteiger partial charge in [-0.25, -0.2) is 4.39 Å². The van der Waals surface area contributed by atoms with Crippen LogP contribution in [0.2, 0.25) is 0 Å². The van der Waals surface area contributed by atoms with Gasteiger partial charge < -0.3 is 0 Å². The quantitative estimate of drug-likeness (QED) is 0.689. The van der Waals surface area contributed by atoms with Gasteiger partial charge in [-0.1, -0.05) is 26.2 Å². The molecule has 0 spiro atoms. The highest BCUT2D eigenvalue weighted by Crippen LogP contribution is 2.38. The molecule has 1 aliphatic rings. The first-order valence-electron chi connectivity index (χ1n) is 5.92. The molecule has 0 bridgehead atoms. The second kappa shape index (κ2) is 4.36. The summed E-state index contributed by atoms with van der Waals surface area (Å²) in [5, 5.41) is 0. The number of carbonyl (C=O) groups excluding carboxylic acids is 1. The van der Waals surface area contributed by atoms with Crippen LogP contribution in [0, 0.1) is 11.2 Å². The van der Waals surface area contributed by atoms with Crippen LogP contribution in [0.4, 0.5) is 4.39 Å². The molecule has 1 aliphatic carbocycles. The van der Waals surface area contributed by atoms with E-state index in [0.29, 0.717) is 5.56 Å². The van der Waals surface area contributed by atoms with Crippen LogP contribution >= 0.6 is 0 Å². The normalized spacial score (nSPS) is 19.4. The van der Waals surface area contributed by atoms with Crippen LogP contribution in [0.3, 0.4) is 0 Å². The Hall–Kier alpha value is -1.18. The van der Waals surface area contributed by atoms with E-state index in [0.717, 1.165) is 25.7 Å². The second-order valence-electron chi connectivity index (χ2n) is 4.96. The number of carbonyl (C=O) groups is 1. The average molecular weight is 220 g/mol. The van der Waals surface area contributed by atoms with E-state index in [1.54, 1.807) is 12.1 Å². The van der Waals surface area contributed by atoms with Gasteiger partial charge in [0.05, 0.1) is 0 Å². The van der Waals surface area contributed by atoms with Crippen LogP contribution < -0.4 is 0 Å². The lowest BCUT2D eigenvalue weighted by Gasteiger charge is -2.32. The lowest BCUT2D eigenvalue weighted by Crippen LogP contribution is -2.30. The summed E-state index contributed by atoms with van der Waals surface area (Å²) in [4.78, 5) is 12.3. The predicted octanol–water partition coefficient (Wildman–Crippen LogP) is 3.98. The third-order valence-corrected chi connectivity index (χ3v) is 3.61. The van der Waals surface area contributed by atoms with E-state index in [9.17, 15) is 9.18 Å². The number of ketones is 1. The highest BCUT2D eigenvalue weighted by Gasteiger charge is 2.34. The van der Waals surface area contributed by atoms with Crippen molar-refractivity contribution in [1.29, 1.82) is 0 Å². The van der Waals surface area contributed by atoms with Crippen molar-refractivity contribution < 1.29 is 9.18 Å². The molecule has 2 heteroatoms. The van der Waals surface area contributed by atoms with Crippen molar-refractivity contribution in [2.24, 2.45) is 5.41 Å². The number of Topliss-reactive ketones (excluding diaryl/α,β-unsaturated/α-hetero) is 1. The Bertz CT molecular complexity index is 374. The average Bonchev–Trinajstić information content (AvgIpc) is 2.30. The van der Waals surface area contributed by atoms with Gasteiger partial charge in [0.25, 0.3) is 0 Å². The molecule has 16 heavy (non-hydrogen) atoms. The zero-order valence-electron chi connectivity index (χ0n) is 9.63. The molecule has 0 heterocycles. The molecular weight excluding hydrogens is 203 g/mol. The van der Waals surface area contributed by atoms with E-state index < -0.39 is 0 Å². The minimum Gasteiger partial charge on any atom is -0.294 e. The highest BCUT2D eigenvalue weighted by molar-refractivity contribution is 6.00. The van der Waals surface area contributed by atoms with Gasteiger partial charge in [-0.05, 0) is 37.1 Å². The van der Waals surface area contributed by atoms with Gasteiger partial charge in [0.15, 0.2) is 5.78 Å². The van der Waals surface area contributed by atoms with E-state index in [2.05, 4.69) is 0 Å². The molecule has 0 atom stereocenters. The zero-order chi connectivity index (χ0) is 11.6. The Morgan fingerprint density at radius 2 is 1.69 bits per heavy atom. The van der Waals surface area contributed by atoms with Crippen LogP contribution in [0.1, 0.15) is 49.4 Å². The molecule has 0 radical (unpaired) electrons. The monoisotopic (exact) mass is 220 g/mol. The molecule has 0 N–H and O–H groups in total. The maximum absolute atomic E-state index is 12.8. The number of benzene rings is 1. The van der Waals surface area contributed by atoms with Crippen LogP contribution in [-0.4, -0.2) is 5.78 Å². The molecule has 0 unspecified atom stereocenters. The first-order valence-corrected chi connectivity index (χ1v) is 5.92. The molecule has 2 rings (SSSR count). The van der Waals surface area contributed by atoms with Crippen molar-refractivity contribution in [3.63, 3.8) is 0 Å². The summed E-state index contributed by atoms with van der Waals surface area (Å²) in [6.07, 6.45) is 5.41. The van der Waals surface area contributed by atoms with Gasteiger partial charge in [0.1, 0.15) is 5.82 Å². The Morgan fingerprint density at radius 1 is 1.12 bits per heavy atom. The maximum Gasteiger partial charge on any atom is 0.168 e. The molecule has 1 aromatic rings. The lowest BCUT2D eigenvalue weighted by atomic mass is 9.71. The number of hydrogen-bond acceptors (Lipinski definition) is 1. The lowest BCUT2D eigenvalue weighted by molar-refractivity contribution is 0.0749. The van der Waals surface area contributed by atoms with Crippen LogP contribution in [0.5, 0.6) is 0 Å². The summed E-state index contributed by atoms with van der Waals surface area (Å²) in [5.41, 5.74) is 0.418. The maximum atomic E-state index is 12.8. The molecular formula is C14H17FO. The molecule has 0 aromatic heterocycles. The second-order valence-corrected chi connectivity index (χ2v) is 4.96. The van der Waals surface area contributed by atoms with Crippen LogP contribution in [0.25, 0.3) is 0 Å². The van der Waals surface area contributed by atoms with Crippen molar-refractivity contribution in [3.05, 3.63) is 35.6 Å². The number of rotatable bonds is 2. The summed E-state index contributed by atoms with van der Waals surface area (Å²) in [6.45, 7) is 2.04. The fraction of sp³-hybridized carbons (Fsp3) is 0.500. The van der Waals surface area contributed by atoms with E-state index in [1.165, 1.54) is 18.6 Å². The first-order chi connectivity index (χ1) is 7.62. The van der Waals surface area contributed by atoms with Gasteiger partial charge >= 0.3 is 0 Å². The summed E-state index contributed by atoms with van der Waals surface area (Å²) in [6, 6.07) is 5.91. The topological polar surface area (TPSA) is 17.1 Å². The van der Waals surface area contributed by atoms with Gasteiger partial charge in [0.2, 0.25) is 0 Å². The van der Waals surface area contributed by atoms with Gasteiger partial charge in [0, 0.05) is 11.0 Å². The summed E-state index contributed by atoms with van der Waals surface area (Å²) >= 11 is 0. The Kier molecular flexibility index (Phi) is 3.08. The van der Waals surface area contributed by atoms with E-state index in [4.69, 9.17) is 0 Å². The summed E-state index contributed by atoms with van der Waals surface area (Å²) < 4.78 is 12.8. The van der Waals surface area contributed by atoms with E-state index >= 15 is 0 Å². The van der Waals surface area contributed by atoms with E-state index in [1.807, 2.05) is 6.92 Å². The van der Waals surface area contributed by atoms with Gasteiger partial charge in [-0.15, -0.1) is 0 Å². The van der Waals surface area contributed by atoms with E-state index in [-0.39, 0.29) is 17.0 Å². The molecule has 86 valence electrons. The standard InChI is InChI=1S/C14H17FO/c1-14(9-3-2-4-10-14)13(16)11-5-7-12(15)8-6-11/h5-8H,2-4,9-10H2,1H3. The summed E-state index contributed by atoms with van der Waals surface area (Å²) in [5.74, 6) is -0.113. The van der Waals surface area contributed by atoms with Gasteiger partial charge in [-0.3, -0.25) is 4.79 Å². The zero-order valence-corrected chi connectivity index (χ0v) is 9.63. The number of hydrogen-bond donors (Lipinski definition) is 0. The summed E-state index contributed by atoms with van der Waals surface area (Å²) in [7, 11) is 0. The molecule has 1 nitrogen and oxygen atoms in total. The van der Waals surface area contributed by atoms with Crippen molar-refractivity contribution in [1.82, 2.24) is 0 Å². The fourth-order valence-corrected chi connectivity index (χ4v) is 2.51. The van der Waals surface area contributed by atoms with Crippen LogP contribution in [0.15, 0.2) is 24.3 Å². The predicted molar refractivity (Wildman–Crippen MR) is 61.9 cm³/mol. The first kappa shape index (κ1) is 11.3. The van der Waals surface area contributed by atoms with Crippen molar-refractivity contribution in [3.8, 4) is 0 Å². The smallest absolute Gasteiger partial charge is 0.168 e. The Labute approximate surface area is 95.7 Å².